The van der Waals surface area contributed by atoms with Crippen LogP contribution in [0.5, 0.6) is 5.75 Å². The van der Waals surface area contributed by atoms with Crippen LogP contribution in [-0.4, -0.2) is 39.4 Å². The Hall–Kier alpha value is -2.93. The van der Waals surface area contributed by atoms with E-state index in [0.29, 0.717) is 12.2 Å². The number of benzene rings is 1. The Morgan fingerprint density at radius 1 is 1.19 bits per heavy atom. The quantitative estimate of drug-likeness (QED) is 0.708. The summed E-state index contributed by atoms with van der Waals surface area (Å²) in [5, 5.41) is 27.0. The number of aliphatic hydroxyl groups is 1. The number of nitrogens with zero attached hydrogens (tertiary/aromatic N) is 1. The number of aromatic nitrogens is 1. The topological polar surface area (TPSA) is 117 Å². The van der Waals surface area contributed by atoms with Gasteiger partial charge >= 0.3 is 11.9 Å². The zero-order valence-electron chi connectivity index (χ0n) is 15.5. The Morgan fingerprint density at radius 2 is 1.81 bits per heavy atom. The van der Waals surface area contributed by atoms with E-state index in [4.69, 9.17) is 19.9 Å². The molecular formula is C20H23NO6. The van der Waals surface area contributed by atoms with Crippen molar-refractivity contribution in [1.29, 1.82) is 0 Å². The number of ether oxygens (including phenoxy) is 1. The second kappa shape index (κ2) is 8.18. The van der Waals surface area contributed by atoms with Gasteiger partial charge in [0.25, 0.3) is 0 Å². The number of hydrogen-bond donors (Lipinski definition) is 3. The summed E-state index contributed by atoms with van der Waals surface area (Å²) in [4.78, 5) is 23.8. The lowest BCUT2D eigenvalue weighted by molar-refractivity contribution is -0.134. The van der Waals surface area contributed by atoms with Crippen LogP contribution in [-0.2, 0) is 16.0 Å². The molecule has 0 saturated heterocycles. The third-order valence-electron chi connectivity index (χ3n) is 4.26. The number of aliphatic carboxylic acids is 2. The van der Waals surface area contributed by atoms with Crippen LogP contribution in [0.4, 0.5) is 0 Å². The van der Waals surface area contributed by atoms with Crippen LogP contribution in [0.1, 0.15) is 37.6 Å². The monoisotopic (exact) mass is 373 g/mol. The summed E-state index contributed by atoms with van der Waals surface area (Å²) in [6, 6.07) is 7.93. The Morgan fingerprint density at radius 3 is 2.37 bits per heavy atom. The minimum atomic E-state index is -1.26. The maximum atomic E-state index is 10.3. The molecule has 0 amide bonds. The van der Waals surface area contributed by atoms with Gasteiger partial charge in [0.2, 0.25) is 0 Å². The third kappa shape index (κ3) is 5.52. The highest BCUT2D eigenvalue weighted by Crippen LogP contribution is 2.41. The van der Waals surface area contributed by atoms with Gasteiger partial charge in [-0.15, -0.1) is 0 Å². The van der Waals surface area contributed by atoms with Crippen LogP contribution in [0.25, 0.3) is 10.9 Å². The van der Waals surface area contributed by atoms with Crippen LogP contribution >= 0.6 is 0 Å². The molecule has 1 atom stereocenters. The van der Waals surface area contributed by atoms with Gasteiger partial charge < -0.3 is 20.1 Å². The molecule has 7 nitrogen and oxygen atoms in total. The van der Waals surface area contributed by atoms with E-state index in [1.54, 1.807) is 7.11 Å². The molecule has 1 aromatic heterocycles. The van der Waals surface area contributed by atoms with Crippen molar-refractivity contribution >= 4 is 22.8 Å². The summed E-state index contributed by atoms with van der Waals surface area (Å²) >= 11 is 0. The van der Waals surface area contributed by atoms with Gasteiger partial charge in [-0.05, 0) is 36.5 Å². The first kappa shape index (κ1) is 20.4. The van der Waals surface area contributed by atoms with Crippen LogP contribution < -0.4 is 4.74 Å². The van der Waals surface area contributed by atoms with Crippen molar-refractivity contribution in [3.8, 4) is 5.75 Å². The van der Waals surface area contributed by atoms with Crippen molar-refractivity contribution in [2.45, 2.75) is 32.8 Å². The summed E-state index contributed by atoms with van der Waals surface area (Å²) in [5.74, 6) is -1.70. The molecule has 2 aromatic rings. The number of rotatable bonds is 3. The smallest absolute Gasteiger partial charge is 0.328 e. The molecule has 7 heteroatoms. The lowest BCUT2D eigenvalue weighted by Crippen LogP contribution is -2.26. The molecular weight excluding hydrogens is 350 g/mol. The molecule has 3 rings (SSSR count). The maximum absolute atomic E-state index is 10.3. The van der Waals surface area contributed by atoms with Gasteiger partial charge in [-0.3, -0.25) is 4.98 Å². The highest BCUT2D eigenvalue weighted by Gasteiger charge is 2.32. The first-order valence-electron chi connectivity index (χ1n) is 8.41. The average Bonchev–Trinajstić information content (AvgIpc) is 2.57. The second-order valence-electron chi connectivity index (χ2n) is 7.15. The van der Waals surface area contributed by atoms with Gasteiger partial charge in [0.1, 0.15) is 5.75 Å². The van der Waals surface area contributed by atoms with Crippen molar-refractivity contribution in [3.63, 3.8) is 0 Å². The molecule has 0 fully saturated rings. The van der Waals surface area contributed by atoms with Gasteiger partial charge in [-0.2, -0.15) is 0 Å². The lowest BCUT2D eigenvalue weighted by Gasteiger charge is -2.34. The molecule has 144 valence electrons. The zero-order valence-corrected chi connectivity index (χ0v) is 15.5. The Labute approximate surface area is 156 Å². The molecule has 0 saturated carbocycles. The van der Waals surface area contributed by atoms with Gasteiger partial charge in [-0.25, -0.2) is 9.59 Å². The highest BCUT2D eigenvalue weighted by molar-refractivity contribution is 5.89. The second-order valence-corrected chi connectivity index (χ2v) is 7.15. The molecule has 0 bridgehead atoms. The third-order valence-corrected chi connectivity index (χ3v) is 4.26. The number of methoxy groups -OCH3 is 1. The summed E-state index contributed by atoms with van der Waals surface area (Å²) < 4.78 is 5.24. The molecule has 1 aromatic carbocycles. The Kier molecular flexibility index (Phi) is 6.17. The van der Waals surface area contributed by atoms with Crippen molar-refractivity contribution < 1.29 is 29.6 Å². The number of aliphatic hydroxyl groups excluding tert-OH is 1. The van der Waals surface area contributed by atoms with Crippen molar-refractivity contribution in [2.24, 2.45) is 5.41 Å². The summed E-state index contributed by atoms with van der Waals surface area (Å²) in [7, 11) is 1.66. The van der Waals surface area contributed by atoms with Crippen LogP contribution in [0.2, 0.25) is 0 Å². The zero-order chi connectivity index (χ0) is 20.2. The van der Waals surface area contributed by atoms with Crippen LogP contribution in [0, 0.1) is 5.41 Å². The normalized spacial score (nSPS) is 17.7. The van der Waals surface area contributed by atoms with Crippen LogP contribution in [0.15, 0.2) is 36.4 Å². The van der Waals surface area contributed by atoms with Gasteiger partial charge in [0.05, 0.1) is 18.7 Å². The molecule has 0 spiro atoms. The number of carboxylic acids is 2. The van der Waals surface area contributed by atoms with Crippen molar-refractivity contribution in [1.82, 2.24) is 4.98 Å². The first-order valence-corrected chi connectivity index (χ1v) is 8.41. The van der Waals surface area contributed by atoms with Crippen molar-refractivity contribution in [2.75, 3.05) is 7.11 Å². The molecule has 1 unspecified atom stereocenters. The van der Waals surface area contributed by atoms with Gasteiger partial charge in [-0.1, -0.05) is 13.8 Å². The molecule has 0 aliphatic heterocycles. The van der Waals surface area contributed by atoms with E-state index in [2.05, 4.69) is 19.9 Å². The number of carbonyl (C=O) groups is 2. The van der Waals surface area contributed by atoms with Gasteiger partial charge in [0, 0.05) is 34.9 Å². The molecule has 1 aliphatic carbocycles. The lowest BCUT2D eigenvalue weighted by atomic mass is 9.74. The van der Waals surface area contributed by atoms with Crippen molar-refractivity contribution in [3.05, 3.63) is 47.7 Å². The molecule has 0 radical (unpaired) electrons. The van der Waals surface area contributed by atoms with E-state index in [0.717, 1.165) is 40.8 Å². The first-order chi connectivity index (χ1) is 12.6. The Bertz CT molecular complexity index is 871. The van der Waals surface area contributed by atoms with Gasteiger partial charge in [0.15, 0.2) is 0 Å². The molecule has 3 N–H and O–H groups in total. The van der Waals surface area contributed by atoms with E-state index in [1.165, 1.54) is 0 Å². The van der Waals surface area contributed by atoms with E-state index >= 15 is 0 Å². The highest BCUT2D eigenvalue weighted by atomic mass is 16.5. The number of carboxylic acid groups (broad SMARTS) is 2. The molecule has 1 heterocycles. The predicted molar refractivity (Wildman–Crippen MR) is 99.8 cm³/mol. The fourth-order valence-corrected chi connectivity index (χ4v) is 3.06. The fourth-order valence-electron chi connectivity index (χ4n) is 3.06. The average molecular weight is 373 g/mol. The molecule has 1 aliphatic rings. The molecule has 27 heavy (non-hydrogen) atoms. The van der Waals surface area contributed by atoms with E-state index in [1.807, 2.05) is 18.2 Å². The van der Waals surface area contributed by atoms with Crippen LogP contribution in [0.3, 0.4) is 0 Å². The summed E-state index contributed by atoms with van der Waals surface area (Å²) in [6.45, 7) is 4.35. The minimum Gasteiger partial charge on any atom is -0.497 e. The van der Waals surface area contributed by atoms with E-state index in [-0.39, 0.29) is 5.41 Å². The fraction of sp³-hybridized carbons (Fsp3) is 0.350. The standard InChI is InChI=1S/C16H19NO2.C4H4O4/c1-16(2)8-14-12(15(18)9-16)6-10-4-5-11(19-3)7-13(10)17-14;5-3(6)1-2-4(7)8/h4-7,15,18H,8-9H2,1-3H3;1-2H,(H,5,6)(H,7,8). The minimum absolute atomic E-state index is 0.103. The van der Waals surface area contributed by atoms with E-state index in [9.17, 15) is 14.7 Å². The maximum Gasteiger partial charge on any atom is 0.328 e. The predicted octanol–water partition coefficient (Wildman–Crippen LogP) is 2.96. The largest absolute Gasteiger partial charge is 0.497 e. The summed E-state index contributed by atoms with van der Waals surface area (Å²) in [5.41, 5.74) is 3.04. The number of hydrogen-bond acceptors (Lipinski definition) is 5. The SMILES string of the molecule is COc1ccc2cc3c(nc2c1)CC(C)(C)CC3O.O=C(O)C=CC(=O)O. The number of fused-ring (bicyclic) bond motifs is 2. The Balaban J connectivity index is 0.000000279. The summed E-state index contributed by atoms with van der Waals surface area (Å²) in [6.07, 6.45) is 2.42. The number of pyridine rings is 1. The van der Waals surface area contributed by atoms with E-state index < -0.39 is 18.0 Å².